The third-order valence-corrected chi connectivity index (χ3v) is 4.71. The van der Waals surface area contributed by atoms with Crippen LogP contribution in [0.25, 0.3) is 0 Å². The molecule has 1 aliphatic heterocycles. The van der Waals surface area contributed by atoms with E-state index in [9.17, 15) is 22.0 Å². The summed E-state index contributed by atoms with van der Waals surface area (Å²) in [7, 11) is -3.85. The van der Waals surface area contributed by atoms with E-state index in [4.69, 9.17) is 5.14 Å². The minimum atomic E-state index is -3.85. The summed E-state index contributed by atoms with van der Waals surface area (Å²) < 4.78 is 48.8. The SMILES string of the molecule is NS(=O)(=O)C1CC(=O)N(c2cc(F)c(F)cc2Br)C1. The lowest BCUT2D eigenvalue weighted by atomic mass is 10.3. The minimum Gasteiger partial charge on any atom is -0.310 e. The van der Waals surface area contributed by atoms with E-state index in [0.717, 1.165) is 17.0 Å². The molecule has 2 N–H and O–H groups in total. The molecule has 19 heavy (non-hydrogen) atoms. The van der Waals surface area contributed by atoms with Gasteiger partial charge in [0.25, 0.3) is 0 Å². The highest BCUT2D eigenvalue weighted by Crippen LogP contribution is 2.32. The van der Waals surface area contributed by atoms with Gasteiger partial charge in [0.15, 0.2) is 11.6 Å². The van der Waals surface area contributed by atoms with E-state index >= 15 is 0 Å². The van der Waals surface area contributed by atoms with Gasteiger partial charge in [0, 0.05) is 23.5 Å². The van der Waals surface area contributed by atoms with Crippen molar-refractivity contribution in [3.63, 3.8) is 0 Å². The van der Waals surface area contributed by atoms with Crippen LogP contribution in [0.3, 0.4) is 0 Å². The highest BCUT2D eigenvalue weighted by atomic mass is 79.9. The van der Waals surface area contributed by atoms with E-state index in [2.05, 4.69) is 15.9 Å². The highest BCUT2D eigenvalue weighted by molar-refractivity contribution is 9.10. The Morgan fingerprint density at radius 2 is 1.89 bits per heavy atom. The maximum atomic E-state index is 13.2. The van der Waals surface area contributed by atoms with Crippen LogP contribution in [0.4, 0.5) is 14.5 Å². The van der Waals surface area contributed by atoms with Crippen LogP contribution >= 0.6 is 15.9 Å². The molecule has 2 rings (SSSR count). The zero-order chi connectivity index (χ0) is 14.4. The summed E-state index contributed by atoms with van der Waals surface area (Å²) in [5.41, 5.74) is 0.0788. The number of nitrogens with zero attached hydrogens (tertiary/aromatic N) is 1. The molecule has 1 aromatic rings. The average molecular weight is 355 g/mol. The van der Waals surface area contributed by atoms with Gasteiger partial charge in [0.2, 0.25) is 15.9 Å². The Labute approximate surface area is 116 Å². The Morgan fingerprint density at radius 1 is 1.32 bits per heavy atom. The molecule has 5 nitrogen and oxygen atoms in total. The number of primary sulfonamides is 1. The fourth-order valence-electron chi connectivity index (χ4n) is 1.85. The van der Waals surface area contributed by atoms with Crippen LogP contribution in [-0.2, 0) is 14.8 Å². The summed E-state index contributed by atoms with van der Waals surface area (Å²) >= 11 is 3.01. The monoisotopic (exact) mass is 354 g/mol. The number of anilines is 1. The number of amides is 1. The van der Waals surface area contributed by atoms with E-state index in [1.54, 1.807) is 0 Å². The van der Waals surface area contributed by atoms with Crippen molar-refractivity contribution in [2.24, 2.45) is 5.14 Å². The molecule has 0 spiro atoms. The van der Waals surface area contributed by atoms with E-state index in [0.29, 0.717) is 0 Å². The second-order valence-corrected chi connectivity index (χ2v) is 6.84. The zero-order valence-electron chi connectivity index (χ0n) is 9.44. The van der Waals surface area contributed by atoms with Crippen molar-refractivity contribution < 1.29 is 22.0 Å². The smallest absolute Gasteiger partial charge is 0.228 e. The largest absolute Gasteiger partial charge is 0.310 e. The number of rotatable bonds is 2. The van der Waals surface area contributed by atoms with Gasteiger partial charge in [-0.3, -0.25) is 4.79 Å². The number of hydrogen-bond donors (Lipinski definition) is 1. The number of carbonyl (C=O) groups is 1. The molecule has 1 aliphatic rings. The molecule has 1 aromatic carbocycles. The molecule has 0 bridgehead atoms. The lowest BCUT2D eigenvalue weighted by Gasteiger charge is -2.18. The van der Waals surface area contributed by atoms with Crippen LogP contribution in [0, 0.1) is 11.6 Å². The number of carbonyl (C=O) groups excluding carboxylic acids is 1. The summed E-state index contributed by atoms with van der Waals surface area (Å²) in [6.45, 7) is -0.179. The van der Waals surface area contributed by atoms with E-state index < -0.39 is 32.8 Å². The molecule has 0 aromatic heterocycles. The first-order chi connectivity index (χ1) is 8.70. The van der Waals surface area contributed by atoms with Gasteiger partial charge in [-0.25, -0.2) is 22.3 Å². The fraction of sp³-hybridized carbons (Fsp3) is 0.300. The zero-order valence-corrected chi connectivity index (χ0v) is 11.8. The minimum absolute atomic E-state index is 0.0788. The molecule has 9 heteroatoms. The molecular weight excluding hydrogens is 346 g/mol. The number of sulfonamides is 1. The van der Waals surface area contributed by atoms with E-state index in [-0.39, 0.29) is 23.1 Å². The Bertz CT molecular complexity index is 650. The molecule has 0 saturated carbocycles. The molecule has 0 aliphatic carbocycles. The number of hydrogen-bond acceptors (Lipinski definition) is 3. The third-order valence-electron chi connectivity index (χ3n) is 2.83. The van der Waals surface area contributed by atoms with Gasteiger partial charge in [-0.05, 0) is 22.0 Å². The molecule has 1 fully saturated rings. The van der Waals surface area contributed by atoms with Crippen LogP contribution in [0.2, 0.25) is 0 Å². The lowest BCUT2D eigenvalue weighted by Crippen LogP contribution is -2.32. The highest BCUT2D eigenvalue weighted by Gasteiger charge is 2.38. The van der Waals surface area contributed by atoms with Crippen molar-refractivity contribution in [3.8, 4) is 0 Å². The molecule has 104 valence electrons. The van der Waals surface area contributed by atoms with Gasteiger partial charge in [-0.1, -0.05) is 0 Å². The molecule has 1 heterocycles. The summed E-state index contributed by atoms with van der Waals surface area (Å²) in [4.78, 5) is 12.8. The number of benzene rings is 1. The van der Waals surface area contributed by atoms with Gasteiger partial charge in [0.1, 0.15) is 5.25 Å². The number of nitrogens with two attached hydrogens (primary N) is 1. The predicted octanol–water partition coefficient (Wildman–Crippen LogP) is 1.12. The second-order valence-electron chi connectivity index (χ2n) is 4.14. The number of halogens is 3. The first kappa shape index (κ1) is 14.4. The van der Waals surface area contributed by atoms with Crippen LogP contribution in [0.5, 0.6) is 0 Å². The fourth-order valence-corrected chi connectivity index (χ4v) is 3.11. The Kier molecular flexibility index (Phi) is 3.63. The van der Waals surface area contributed by atoms with Crippen LogP contribution in [-0.4, -0.2) is 26.1 Å². The second kappa shape index (κ2) is 4.80. The Hall–Kier alpha value is -1.06. The summed E-state index contributed by atoms with van der Waals surface area (Å²) in [5, 5.41) is 3.94. The van der Waals surface area contributed by atoms with Crippen molar-refractivity contribution in [1.29, 1.82) is 0 Å². The van der Waals surface area contributed by atoms with E-state index in [1.807, 2.05) is 0 Å². The van der Waals surface area contributed by atoms with Crippen LogP contribution < -0.4 is 10.0 Å². The van der Waals surface area contributed by atoms with Crippen molar-refractivity contribution in [1.82, 2.24) is 0 Å². The molecule has 1 atom stereocenters. The predicted molar refractivity (Wildman–Crippen MR) is 67.9 cm³/mol. The Morgan fingerprint density at radius 3 is 2.42 bits per heavy atom. The van der Waals surface area contributed by atoms with Crippen LogP contribution in [0.15, 0.2) is 16.6 Å². The van der Waals surface area contributed by atoms with Gasteiger partial charge in [-0.15, -0.1) is 0 Å². The first-order valence-corrected chi connectivity index (χ1v) is 7.57. The molecule has 1 saturated heterocycles. The summed E-state index contributed by atoms with van der Waals surface area (Å²) in [5.74, 6) is -2.69. The van der Waals surface area contributed by atoms with Crippen LogP contribution in [0.1, 0.15) is 6.42 Å². The maximum absolute atomic E-state index is 13.2. The molecular formula is C10H9BrF2N2O3S. The lowest BCUT2D eigenvalue weighted by molar-refractivity contribution is -0.117. The Balaban J connectivity index is 2.39. The van der Waals surface area contributed by atoms with Crippen molar-refractivity contribution >= 4 is 37.5 Å². The molecule has 1 amide bonds. The summed E-state index contributed by atoms with van der Waals surface area (Å²) in [6.07, 6.45) is -0.274. The van der Waals surface area contributed by atoms with Gasteiger partial charge in [0.05, 0.1) is 5.69 Å². The molecule has 1 unspecified atom stereocenters. The standard InChI is InChI=1S/C10H9BrF2N2O3S/c11-6-2-7(12)8(13)3-9(6)15-4-5(1-10(15)16)19(14,17)18/h2-3,5H,1,4H2,(H2,14,17,18). The maximum Gasteiger partial charge on any atom is 0.228 e. The quantitative estimate of drug-likeness (QED) is 0.808. The van der Waals surface area contributed by atoms with E-state index in [1.165, 1.54) is 0 Å². The first-order valence-electron chi connectivity index (χ1n) is 5.16. The van der Waals surface area contributed by atoms with Gasteiger partial charge in [-0.2, -0.15) is 0 Å². The summed E-state index contributed by atoms with van der Waals surface area (Å²) in [6, 6.07) is 1.71. The van der Waals surface area contributed by atoms with Crippen molar-refractivity contribution in [2.45, 2.75) is 11.7 Å². The average Bonchev–Trinajstić information content (AvgIpc) is 2.65. The van der Waals surface area contributed by atoms with Gasteiger partial charge >= 0.3 is 0 Å². The van der Waals surface area contributed by atoms with Crippen molar-refractivity contribution in [3.05, 3.63) is 28.2 Å². The van der Waals surface area contributed by atoms with Gasteiger partial charge < -0.3 is 4.90 Å². The third kappa shape index (κ3) is 2.77. The molecule has 0 radical (unpaired) electrons. The topological polar surface area (TPSA) is 80.5 Å². The normalized spacial score (nSPS) is 20.1. The van der Waals surface area contributed by atoms with Crippen molar-refractivity contribution in [2.75, 3.05) is 11.4 Å².